The van der Waals surface area contributed by atoms with Crippen molar-refractivity contribution in [3.63, 3.8) is 0 Å². The fourth-order valence-corrected chi connectivity index (χ4v) is 2.24. The molecule has 0 aliphatic carbocycles. The maximum Gasteiger partial charge on any atom is 0.410 e. The minimum atomic E-state index is -0.503. The molecule has 1 aliphatic rings. The van der Waals surface area contributed by atoms with E-state index in [2.05, 4.69) is 5.32 Å². The molecule has 1 N–H and O–H groups in total. The molecule has 1 aliphatic heterocycles. The van der Waals surface area contributed by atoms with Gasteiger partial charge in [-0.1, -0.05) is 30.3 Å². The average Bonchev–Trinajstić information content (AvgIpc) is 2.52. The highest BCUT2D eigenvalue weighted by molar-refractivity contribution is 5.85. The molecule has 2 rings (SSSR count). The Morgan fingerprint density at radius 2 is 2.05 bits per heavy atom. The van der Waals surface area contributed by atoms with Crippen LogP contribution in [0, 0.1) is 0 Å². The highest BCUT2D eigenvalue weighted by Crippen LogP contribution is 2.10. The quantitative estimate of drug-likeness (QED) is 0.890. The van der Waals surface area contributed by atoms with E-state index in [1.807, 2.05) is 30.3 Å². The number of nitrogens with one attached hydrogen (secondary N) is 1. The Labute approximate surface area is 124 Å². The van der Waals surface area contributed by atoms with Gasteiger partial charge in [0.15, 0.2) is 0 Å². The van der Waals surface area contributed by atoms with Crippen molar-refractivity contribution in [3.05, 3.63) is 35.9 Å². The molecule has 1 atom stereocenters. The Kier molecular flexibility index (Phi) is 5.16. The third-order valence-corrected chi connectivity index (χ3v) is 3.41. The van der Waals surface area contributed by atoms with Crippen LogP contribution < -0.4 is 5.32 Å². The molecule has 0 spiro atoms. The van der Waals surface area contributed by atoms with Gasteiger partial charge >= 0.3 is 6.09 Å². The lowest BCUT2D eigenvalue weighted by Crippen LogP contribution is -2.59. The second-order valence-electron chi connectivity index (χ2n) is 5.19. The van der Waals surface area contributed by atoms with E-state index >= 15 is 0 Å². The van der Waals surface area contributed by atoms with E-state index in [1.54, 1.807) is 14.1 Å². The van der Waals surface area contributed by atoms with Gasteiger partial charge in [-0.15, -0.1) is 0 Å². The first-order valence-corrected chi connectivity index (χ1v) is 6.99. The molecule has 1 aromatic rings. The van der Waals surface area contributed by atoms with Crippen molar-refractivity contribution in [2.75, 3.05) is 33.7 Å². The summed E-state index contributed by atoms with van der Waals surface area (Å²) in [6, 6.07) is 8.99. The molecule has 1 saturated heterocycles. The standard InChI is InChI=1S/C15H21N3O3/c1-17(2)14(19)13-10-16-8-9-18(13)15(20)21-11-12-6-4-3-5-7-12/h3-7,13,16H,8-11H2,1-2H3/t13-/m0/s1. The van der Waals surface area contributed by atoms with Gasteiger partial charge in [-0.3, -0.25) is 9.69 Å². The number of benzene rings is 1. The van der Waals surface area contributed by atoms with Crippen LogP contribution in [0.5, 0.6) is 0 Å². The smallest absolute Gasteiger partial charge is 0.410 e. The van der Waals surface area contributed by atoms with Crippen LogP contribution in [0.2, 0.25) is 0 Å². The second-order valence-corrected chi connectivity index (χ2v) is 5.19. The first-order valence-electron chi connectivity index (χ1n) is 6.99. The third-order valence-electron chi connectivity index (χ3n) is 3.41. The zero-order chi connectivity index (χ0) is 15.2. The molecule has 0 saturated carbocycles. The maximum atomic E-state index is 12.2. The Hall–Kier alpha value is -2.08. The van der Waals surface area contributed by atoms with Gasteiger partial charge in [0, 0.05) is 33.7 Å². The number of carbonyl (C=O) groups excluding carboxylic acids is 2. The molecule has 0 aromatic heterocycles. The van der Waals surface area contributed by atoms with Crippen molar-refractivity contribution in [1.82, 2.24) is 15.1 Å². The van der Waals surface area contributed by atoms with Crippen LogP contribution in [0.15, 0.2) is 30.3 Å². The molecule has 1 heterocycles. The molecule has 1 aromatic carbocycles. The summed E-state index contributed by atoms with van der Waals surface area (Å²) in [6.07, 6.45) is -0.444. The Morgan fingerprint density at radius 3 is 2.71 bits per heavy atom. The van der Waals surface area contributed by atoms with Crippen LogP contribution in [0.3, 0.4) is 0 Å². The predicted molar refractivity (Wildman–Crippen MR) is 78.7 cm³/mol. The molecule has 0 bridgehead atoms. The zero-order valence-electron chi connectivity index (χ0n) is 12.4. The van der Waals surface area contributed by atoms with Crippen LogP contribution in [-0.2, 0) is 16.1 Å². The van der Waals surface area contributed by atoms with Crippen molar-refractivity contribution in [2.45, 2.75) is 12.6 Å². The number of amides is 2. The lowest BCUT2D eigenvalue weighted by Gasteiger charge is -2.35. The van der Waals surface area contributed by atoms with Crippen LogP contribution in [0.25, 0.3) is 0 Å². The van der Waals surface area contributed by atoms with Crippen molar-refractivity contribution in [1.29, 1.82) is 0 Å². The minimum absolute atomic E-state index is 0.0983. The number of rotatable bonds is 3. The van der Waals surface area contributed by atoms with Gasteiger partial charge in [-0.25, -0.2) is 4.79 Å². The molecular formula is C15H21N3O3. The number of ether oxygens (including phenoxy) is 1. The summed E-state index contributed by atoms with van der Waals surface area (Å²) >= 11 is 0. The molecule has 0 radical (unpaired) electrons. The summed E-state index contributed by atoms with van der Waals surface area (Å²) in [5.74, 6) is -0.0983. The average molecular weight is 291 g/mol. The summed E-state index contributed by atoms with van der Waals surface area (Å²) in [4.78, 5) is 27.3. The fraction of sp³-hybridized carbons (Fsp3) is 0.467. The van der Waals surface area contributed by atoms with E-state index in [1.165, 1.54) is 9.80 Å². The van der Waals surface area contributed by atoms with Crippen LogP contribution in [-0.4, -0.2) is 61.6 Å². The molecule has 2 amide bonds. The number of nitrogens with zero attached hydrogens (tertiary/aromatic N) is 2. The number of hydrogen-bond donors (Lipinski definition) is 1. The zero-order valence-corrected chi connectivity index (χ0v) is 12.4. The normalized spacial score (nSPS) is 18.2. The van der Waals surface area contributed by atoms with Gasteiger partial charge in [0.2, 0.25) is 5.91 Å². The minimum Gasteiger partial charge on any atom is -0.445 e. The van der Waals surface area contributed by atoms with E-state index in [0.717, 1.165) is 5.56 Å². The number of hydrogen-bond acceptors (Lipinski definition) is 4. The Balaban J connectivity index is 1.97. The molecule has 6 nitrogen and oxygen atoms in total. The molecule has 0 unspecified atom stereocenters. The predicted octanol–water partition coefficient (Wildman–Crippen LogP) is 0.685. The largest absolute Gasteiger partial charge is 0.445 e. The first kappa shape index (κ1) is 15.3. The SMILES string of the molecule is CN(C)C(=O)[C@@H]1CNCCN1C(=O)OCc1ccccc1. The lowest BCUT2D eigenvalue weighted by molar-refractivity contribution is -0.134. The number of carbonyl (C=O) groups is 2. The highest BCUT2D eigenvalue weighted by Gasteiger charge is 2.33. The summed E-state index contributed by atoms with van der Waals surface area (Å²) in [7, 11) is 3.37. The van der Waals surface area contributed by atoms with Crippen LogP contribution in [0.4, 0.5) is 4.79 Å². The Morgan fingerprint density at radius 1 is 1.33 bits per heavy atom. The molecule has 1 fully saturated rings. The highest BCUT2D eigenvalue weighted by atomic mass is 16.6. The topological polar surface area (TPSA) is 61.9 Å². The van der Waals surface area contributed by atoms with E-state index in [-0.39, 0.29) is 12.5 Å². The summed E-state index contributed by atoms with van der Waals surface area (Å²) in [6.45, 7) is 1.81. The first-order chi connectivity index (χ1) is 10.1. The van der Waals surface area contributed by atoms with Crippen molar-refractivity contribution >= 4 is 12.0 Å². The van der Waals surface area contributed by atoms with Gasteiger partial charge in [-0.05, 0) is 5.56 Å². The van der Waals surface area contributed by atoms with Gasteiger partial charge in [0.25, 0.3) is 0 Å². The molecular weight excluding hydrogens is 270 g/mol. The number of piperazine rings is 1. The van der Waals surface area contributed by atoms with E-state index in [0.29, 0.717) is 19.6 Å². The van der Waals surface area contributed by atoms with E-state index < -0.39 is 12.1 Å². The van der Waals surface area contributed by atoms with Crippen molar-refractivity contribution in [3.8, 4) is 0 Å². The number of likely N-dealkylation sites (N-methyl/N-ethyl adjacent to an activating group) is 1. The molecule has 21 heavy (non-hydrogen) atoms. The fourth-order valence-electron chi connectivity index (χ4n) is 2.24. The Bertz CT molecular complexity index is 490. The van der Waals surface area contributed by atoms with Gasteiger partial charge < -0.3 is 15.0 Å². The molecule has 114 valence electrons. The van der Waals surface area contributed by atoms with Crippen molar-refractivity contribution < 1.29 is 14.3 Å². The summed E-state index contributed by atoms with van der Waals surface area (Å²) in [5, 5.41) is 3.13. The van der Waals surface area contributed by atoms with Crippen LogP contribution in [0.1, 0.15) is 5.56 Å². The molecule has 6 heteroatoms. The maximum absolute atomic E-state index is 12.2. The van der Waals surface area contributed by atoms with Gasteiger partial charge in [0.1, 0.15) is 12.6 Å². The van der Waals surface area contributed by atoms with E-state index in [4.69, 9.17) is 4.74 Å². The second kappa shape index (κ2) is 7.08. The van der Waals surface area contributed by atoms with Gasteiger partial charge in [-0.2, -0.15) is 0 Å². The third kappa shape index (κ3) is 3.95. The van der Waals surface area contributed by atoms with E-state index in [9.17, 15) is 9.59 Å². The van der Waals surface area contributed by atoms with Crippen LogP contribution >= 0.6 is 0 Å². The van der Waals surface area contributed by atoms with Crippen molar-refractivity contribution in [2.24, 2.45) is 0 Å². The summed E-state index contributed by atoms with van der Waals surface area (Å²) < 4.78 is 5.32. The monoisotopic (exact) mass is 291 g/mol. The summed E-state index contributed by atoms with van der Waals surface area (Å²) in [5.41, 5.74) is 0.927. The lowest BCUT2D eigenvalue weighted by atomic mass is 10.2. The van der Waals surface area contributed by atoms with Gasteiger partial charge in [0.05, 0.1) is 0 Å².